The Kier molecular flexibility index (Phi) is 4.97. The Morgan fingerprint density at radius 3 is 2.23 bits per heavy atom. The van der Waals surface area contributed by atoms with Gasteiger partial charge in [0.25, 0.3) is 0 Å². The van der Waals surface area contributed by atoms with E-state index < -0.39 is 7.52 Å². The van der Waals surface area contributed by atoms with E-state index >= 15 is 0 Å². The Hall–Kier alpha value is -1.73. The zero-order valence-electron chi connectivity index (χ0n) is 13.9. The second-order valence-corrected chi connectivity index (χ2v) is 8.19. The molecule has 0 heterocycles. The van der Waals surface area contributed by atoms with Crippen molar-refractivity contribution in [2.24, 2.45) is 0 Å². The van der Waals surface area contributed by atoms with Gasteiger partial charge in [-0.1, -0.05) is 43.7 Å². The number of hydrogen-bond acceptors (Lipinski definition) is 2. The molecule has 0 spiro atoms. The maximum absolute atomic E-state index is 12.7. The largest absolute Gasteiger partial charge is 0.429 e. The van der Waals surface area contributed by atoms with Crippen molar-refractivity contribution in [1.82, 2.24) is 0 Å². The van der Waals surface area contributed by atoms with Gasteiger partial charge in [-0.05, 0) is 49.1 Å². The Morgan fingerprint density at radius 1 is 1.05 bits per heavy atom. The topological polar surface area (TPSA) is 38.3 Å². The summed E-state index contributed by atoms with van der Waals surface area (Å²) in [7, 11) is -2.97. The molecule has 3 nitrogen and oxygen atoms in total. The van der Waals surface area contributed by atoms with E-state index in [0.717, 1.165) is 11.3 Å². The summed E-state index contributed by atoms with van der Waals surface area (Å²) in [6.45, 7) is 9.91. The molecule has 2 rings (SSSR count). The van der Waals surface area contributed by atoms with E-state index in [0.29, 0.717) is 11.7 Å². The van der Waals surface area contributed by atoms with Crippen molar-refractivity contribution in [3.8, 4) is 5.75 Å². The van der Waals surface area contributed by atoms with Crippen LogP contribution in [0.3, 0.4) is 0 Å². The lowest BCUT2D eigenvalue weighted by atomic mass is 10.0. The second-order valence-electron chi connectivity index (χ2n) is 6.09. The number of rotatable bonds is 5. The molecular formula is C18H24NO2P. The Bertz CT molecular complexity index is 693. The lowest BCUT2D eigenvalue weighted by Crippen LogP contribution is -2.03. The number of hydrogen-bond donors (Lipinski definition) is 1. The van der Waals surface area contributed by atoms with Crippen molar-refractivity contribution in [3.63, 3.8) is 0 Å². The first-order valence-corrected chi connectivity index (χ1v) is 9.56. The summed E-state index contributed by atoms with van der Waals surface area (Å²) in [6, 6.07) is 13.7. The molecule has 118 valence electrons. The smallest absolute Gasteiger partial charge is 0.338 e. The highest BCUT2D eigenvalue weighted by molar-refractivity contribution is 7.60. The summed E-state index contributed by atoms with van der Waals surface area (Å²) in [6.07, 6.45) is 0. The minimum atomic E-state index is -2.97. The third-order valence-electron chi connectivity index (χ3n) is 3.53. The number of anilines is 1. The summed E-state index contributed by atoms with van der Waals surface area (Å²) in [4.78, 5) is 0. The van der Waals surface area contributed by atoms with E-state index in [1.165, 1.54) is 11.1 Å². The summed E-state index contributed by atoms with van der Waals surface area (Å²) in [5.41, 5.74) is 4.32. The van der Waals surface area contributed by atoms with Crippen LogP contribution in [-0.2, 0) is 4.57 Å². The summed E-state index contributed by atoms with van der Waals surface area (Å²) >= 11 is 0. The Morgan fingerprint density at radius 2 is 1.68 bits per heavy atom. The van der Waals surface area contributed by atoms with Gasteiger partial charge in [-0.2, -0.15) is 0 Å². The van der Waals surface area contributed by atoms with Crippen LogP contribution in [0.15, 0.2) is 42.5 Å². The number of aryl methyl sites for hydroxylation is 2. The van der Waals surface area contributed by atoms with Gasteiger partial charge in [0.15, 0.2) is 0 Å². The highest BCUT2D eigenvalue weighted by Crippen LogP contribution is 2.44. The first-order valence-electron chi connectivity index (χ1n) is 7.49. The van der Waals surface area contributed by atoms with E-state index in [1.54, 1.807) is 6.66 Å². The van der Waals surface area contributed by atoms with E-state index in [2.05, 4.69) is 25.0 Å². The SMILES string of the molecule is Cc1ccc(NP(C)(=O)Oc2ccc(C(C)C)cc2)c(C)c1. The molecule has 0 aromatic heterocycles. The van der Waals surface area contributed by atoms with Gasteiger partial charge in [-0.15, -0.1) is 0 Å². The summed E-state index contributed by atoms with van der Waals surface area (Å²) in [5, 5.41) is 3.03. The molecule has 22 heavy (non-hydrogen) atoms. The van der Waals surface area contributed by atoms with E-state index in [4.69, 9.17) is 4.52 Å². The molecule has 2 aromatic rings. The van der Waals surface area contributed by atoms with Gasteiger partial charge in [-0.3, -0.25) is 4.57 Å². The first-order chi connectivity index (χ1) is 10.3. The maximum Gasteiger partial charge on any atom is 0.338 e. The fourth-order valence-electron chi connectivity index (χ4n) is 2.30. The van der Waals surface area contributed by atoms with Crippen LogP contribution < -0.4 is 9.61 Å². The average molecular weight is 317 g/mol. The number of nitrogens with one attached hydrogen (secondary N) is 1. The molecule has 1 unspecified atom stereocenters. The monoisotopic (exact) mass is 317 g/mol. The molecule has 0 aliphatic rings. The molecule has 0 saturated carbocycles. The van der Waals surface area contributed by atoms with Gasteiger partial charge in [-0.25, -0.2) is 0 Å². The molecule has 0 amide bonds. The maximum atomic E-state index is 12.7. The molecule has 4 heteroatoms. The molecule has 0 aliphatic heterocycles. The van der Waals surface area contributed by atoms with Crippen molar-refractivity contribution in [2.45, 2.75) is 33.6 Å². The molecule has 1 N–H and O–H groups in total. The zero-order chi connectivity index (χ0) is 16.3. The van der Waals surface area contributed by atoms with E-state index in [-0.39, 0.29) is 0 Å². The minimum absolute atomic E-state index is 0.468. The molecule has 2 aromatic carbocycles. The van der Waals surface area contributed by atoms with Gasteiger partial charge in [0.1, 0.15) is 5.75 Å². The first kappa shape index (κ1) is 16.6. The predicted molar refractivity (Wildman–Crippen MR) is 94.2 cm³/mol. The lowest BCUT2D eigenvalue weighted by molar-refractivity contribution is 0.493. The van der Waals surface area contributed by atoms with Crippen molar-refractivity contribution in [3.05, 3.63) is 59.2 Å². The summed E-state index contributed by atoms with van der Waals surface area (Å²) in [5.74, 6) is 1.09. The Labute approximate surface area is 133 Å². The van der Waals surface area contributed by atoms with Gasteiger partial charge in [0.05, 0.1) is 0 Å². The lowest BCUT2D eigenvalue weighted by Gasteiger charge is -2.19. The standard InChI is InChI=1S/C18H24NO2P/c1-13(2)16-7-9-17(10-8-16)21-22(5,20)19-18-11-6-14(3)12-15(18)4/h6-13H,1-5H3,(H,19,20). The fraction of sp³-hybridized carbons (Fsp3) is 0.333. The Balaban J connectivity index is 2.11. The van der Waals surface area contributed by atoms with Crippen LogP contribution in [0.1, 0.15) is 36.5 Å². The highest BCUT2D eigenvalue weighted by atomic mass is 31.2. The molecule has 0 saturated heterocycles. The fourth-order valence-corrected chi connectivity index (χ4v) is 3.55. The highest BCUT2D eigenvalue weighted by Gasteiger charge is 2.18. The van der Waals surface area contributed by atoms with Crippen LogP contribution >= 0.6 is 7.52 Å². The predicted octanol–water partition coefficient (Wildman–Crippen LogP) is 5.74. The summed E-state index contributed by atoms with van der Waals surface area (Å²) < 4.78 is 18.3. The van der Waals surface area contributed by atoms with Gasteiger partial charge >= 0.3 is 7.52 Å². The molecule has 0 radical (unpaired) electrons. The van der Waals surface area contributed by atoms with Crippen LogP contribution in [0.5, 0.6) is 5.75 Å². The van der Waals surface area contributed by atoms with Gasteiger partial charge in [0.2, 0.25) is 0 Å². The third kappa shape index (κ3) is 4.38. The third-order valence-corrected chi connectivity index (χ3v) is 4.74. The minimum Gasteiger partial charge on any atom is -0.429 e. The second kappa shape index (κ2) is 6.58. The average Bonchev–Trinajstić information content (AvgIpc) is 2.42. The van der Waals surface area contributed by atoms with Crippen LogP contribution in [0, 0.1) is 13.8 Å². The molecule has 0 aliphatic carbocycles. The van der Waals surface area contributed by atoms with Crippen molar-refractivity contribution in [2.75, 3.05) is 11.8 Å². The van der Waals surface area contributed by atoms with Crippen LogP contribution in [0.2, 0.25) is 0 Å². The van der Waals surface area contributed by atoms with Crippen molar-refractivity contribution < 1.29 is 9.09 Å². The van der Waals surface area contributed by atoms with Gasteiger partial charge < -0.3 is 9.61 Å². The van der Waals surface area contributed by atoms with Crippen LogP contribution in [-0.4, -0.2) is 6.66 Å². The molecular weight excluding hydrogens is 293 g/mol. The molecule has 0 fully saturated rings. The molecule has 1 atom stereocenters. The van der Waals surface area contributed by atoms with E-state index in [9.17, 15) is 4.57 Å². The quantitative estimate of drug-likeness (QED) is 0.714. The van der Waals surface area contributed by atoms with Crippen LogP contribution in [0.4, 0.5) is 5.69 Å². The van der Waals surface area contributed by atoms with Crippen molar-refractivity contribution >= 4 is 13.2 Å². The van der Waals surface area contributed by atoms with Crippen molar-refractivity contribution in [1.29, 1.82) is 0 Å². The van der Waals surface area contributed by atoms with Crippen LogP contribution in [0.25, 0.3) is 0 Å². The van der Waals surface area contributed by atoms with Gasteiger partial charge in [0, 0.05) is 12.4 Å². The molecule has 0 bridgehead atoms. The zero-order valence-corrected chi connectivity index (χ0v) is 14.8. The number of benzene rings is 2. The normalized spacial score (nSPS) is 13.7. The van der Waals surface area contributed by atoms with E-state index in [1.807, 2.05) is 50.2 Å².